The van der Waals surface area contributed by atoms with Crippen LogP contribution in [0.5, 0.6) is 0 Å². The van der Waals surface area contributed by atoms with Gasteiger partial charge in [-0.15, -0.1) is 0 Å². The summed E-state index contributed by atoms with van der Waals surface area (Å²) < 4.78 is 5.51. The van der Waals surface area contributed by atoms with E-state index in [0.717, 1.165) is 45.4 Å². The van der Waals surface area contributed by atoms with E-state index < -0.39 is 0 Å². The smallest absolute Gasteiger partial charge is 0.225 e. The minimum atomic E-state index is -0.0734. The fraction of sp³-hybridized carbons (Fsp3) is 0.846. The van der Waals surface area contributed by atoms with Crippen LogP contribution >= 0.6 is 12.2 Å². The quantitative estimate of drug-likeness (QED) is 0.789. The van der Waals surface area contributed by atoms with Crippen LogP contribution in [0, 0.1) is 5.41 Å². The number of hydrogen-bond acceptors (Lipinski definition) is 3. The van der Waals surface area contributed by atoms with E-state index in [9.17, 15) is 4.79 Å². The summed E-state index contributed by atoms with van der Waals surface area (Å²) in [5.74, 6) is 0.215. The lowest BCUT2D eigenvalue weighted by atomic mass is 9.80. The Balaban J connectivity index is 1.81. The van der Waals surface area contributed by atoms with Crippen LogP contribution in [-0.2, 0) is 9.53 Å². The van der Waals surface area contributed by atoms with Crippen LogP contribution in [0.4, 0.5) is 0 Å². The van der Waals surface area contributed by atoms with E-state index in [-0.39, 0.29) is 17.4 Å². The molecule has 0 aliphatic carbocycles. The molecule has 4 nitrogen and oxygen atoms in total. The summed E-state index contributed by atoms with van der Waals surface area (Å²) in [5, 5.41) is 0. The molecule has 2 fully saturated rings. The monoisotopic (exact) mass is 270 g/mol. The fourth-order valence-corrected chi connectivity index (χ4v) is 2.83. The molecule has 2 aliphatic heterocycles. The molecule has 2 aliphatic rings. The number of nitrogens with two attached hydrogens (primary N) is 1. The third kappa shape index (κ3) is 3.01. The Labute approximate surface area is 114 Å². The summed E-state index contributed by atoms with van der Waals surface area (Å²) >= 11 is 5.10. The van der Waals surface area contributed by atoms with Gasteiger partial charge in [0.2, 0.25) is 5.91 Å². The van der Waals surface area contributed by atoms with Gasteiger partial charge < -0.3 is 15.4 Å². The first-order chi connectivity index (χ1) is 8.51. The Hall–Kier alpha value is -0.680. The van der Waals surface area contributed by atoms with E-state index >= 15 is 0 Å². The number of amides is 1. The molecule has 1 unspecified atom stereocenters. The van der Waals surface area contributed by atoms with Gasteiger partial charge in [0.25, 0.3) is 0 Å². The molecule has 5 heteroatoms. The van der Waals surface area contributed by atoms with Gasteiger partial charge in [0, 0.05) is 25.1 Å². The molecular formula is C13H22N2O2S. The van der Waals surface area contributed by atoms with Crippen molar-refractivity contribution >= 4 is 23.1 Å². The van der Waals surface area contributed by atoms with Crippen molar-refractivity contribution in [2.24, 2.45) is 11.1 Å². The number of rotatable bonds is 3. The number of carbonyl (C=O) groups excluding carboxylic acids is 1. The van der Waals surface area contributed by atoms with E-state index in [0.29, 0.717) is 11.4 Å². The van der Waals surface area contributed by atoms with Gasteiger partial charge in [-0.1, -0.05) is 19.1 Å². The number of piperidine rings is 1. The number of carbonyl (C=O) groups is 1. The maximum atomic E-state index is 12.1. The van der Waals surface area contributed by atoms with Gasteiger partial charge in [0.05, 0.1) is 17.5 Å². The van der Waals surface area contributed by atoms with Crippen molar-refractivity contribution in [3.8, 4) is 0 Å². The molecule has 0 saturated carbocycles. The lowest BCUT2D eigenvalue weighted by molar-refractivity contribution is -0.135. The van der Waals surface area contributed by atoms with Crippen LogP contribution in [-0.4, -0.2) is 41.6 Å². The molecule has 2 saturated heterocycles. The number of thiocarbonyl (C=S) groups is 1. The largest absolute Gasteiger partial charge is 0.393 e. The molecule has 0 radical (unpaired) electrons. The molecule has 0 aromatic rings. The number of hydrogen-bond donors (Lipinski definition) is 1. The van der Waals surface area contributed by atoms with Crippen molar-refractivity contribution < 1.29 is 9.53 Å². The van der Waals surface area contributed by atoms with E-state index in [1.54, 1.807) is 0 Å². The van der Waals surface area contributed by atoms with E-state index in [4.69, 9.17) is 22.7 Å². The molecule has 0 aromatic carbocycles. The minimum Gasteiger partial charge on any atom is -0.393 e. The van der Waals surface area contributed by atoms with Gasteiger partial charge in [-0.05, 0) is 25.7 Å². The summed E-state index contributed by atoms with van der Waals surface area (Å²) in [7, 11) is 0. The second-order valence-electron chi connectivity index (χ2n) is 5.64. The predicted octanol–water partition coefficient (Wildman–Crippen LogP) is 1.47. The average molecular weight is 270 g/mol. The standard InChI is InChI=1S/C13H22N2O2S/c1-13(12(14)18)4-6-15(7-5-13)11(16)9-10-3-2-8-17-10/h10H,2-9H2,1H3,(H2,14,18). The third-order valence-electron chi connectivity index (χ3n) is 4.24. The Morgan fingerprint density at radius 2 is 2.17 bits per heavy atom. The first-order valence-electron chi connectivity index (χ1n) is 6.70. The molecule has 1 atom stereocenters. The molecule has 2 N–H and O–H groups in total. The lowest BCUT2D eigenvalue weighted by Gasteiger charge is -2.39. The molecule has 1 amide bonds. The zero-order valence-electron chi connectivity index (χ0n) is 11.0. The predicted molar refractivity (Wildman–Crippen MR) is 74.3 cm³/mol. The zero-order valence-corrected chi connectivity index (χ0v) is 11.8. The van der Waals surface area contributed by atoms with Crippen molar-refractivity contribution in [1.29, 1.82) is 0 Å². The number of likely N-dealkylation sites (tertiary alicyclic amines) is 1. The highest BCUT2D eigenvalue weighted by molar-refractivity contribution is 7.80. The first kappa shape index (κ1) is 13.7. The molecule has 2 heterocycles. The van der Waals surface area contributed by atoms with Gasteiger partial charge in [-0.2, -0.15) is 0 Å². The maximum absolute atomic E-state index is 12.1. The normalized spacial score (nSPS) is 27.2. The SMILES string of the molecule is CC1(C(N)=S)CCN(C(=O)CC2CCCO2)CC1. The highest BCUT2D eigenvalue weighted by Crippen LogP contribution is 2.31. The zero-order chi connectivity index (χ0) is 13.2. The minimum absolute atomic E-state index is 0.0734. The summed E-state index contributed by atoms with van der Waals surface area (Å²) in [6, 6.07) is 0. The van der Waals surface area contributed by atoms with Gasteiger partial charge in [-0.25, -0.2) is 0 Å². The number of ether oxygens (including phenoxy) is 1. The Kier molecular flexibility index (Phi) is 4.22. The second kappa shape index (κ2) is 5.53. The molecular weight excluding hydrogens is 248 g/mol. The molecule has 0 spiro atoms. The highest BCUT2D eigenvalue weighted by atomic mass is 32.1. The van der Waals surface area contributed by atoms with Crippen molar-refractivity contribution in [2.45, 2.75) is 45.1 Å². The summed E-state index contributed by atoms with van der Waals surface area (Å²) in [4.78, 5) is 14.6. The molecule has 0 aromatic heterocycles. The topological polar surface area (TPSA) is 55.6 Å². The lowest BCUT2D eigenvalue weighted by Crippen LogP contribution is -2.47. The Morgan fingerprint density at radius 3 is 2.67 bits per heavy atom. The van der Waals surface area contributed by atoms with Crippen LogP contribution in [0.2, 0.25) is 0 Å². The molecule has 102 valence electrons. The van der Waals surface area contributed by atoms with E-state index in [1.807, 2.05) is 4.90 Å². The molecule has 18 heavy (non-hydrogen) atoms. The second-order valence-corrected chi connectivity index (χ2v) is 6.08. The first-order valence-corrected chi connectivity index (χ1v) is 7.11. The summed E-state index contributed by atoms with van der Waals surface area (Å²) in [6.45, 7) is 4.42. The van der Waals surface area contributed by atoms with Crippen LogP contribution in [0.3, 0.4) is 0 Å². The summed E-state index contributed by atoms with van der Waals surface area (Å²) in [6.07, 6.45) is 4.52. The van der Waals surface area contributed by atoms with Crippen molar-refractivity contribution in [3.05, 3.63) is 0 Å². The van der Waals surface area contributed by atoms with Gasteiger partial charge in [-0.3, -0.25) is 4.79 Å². The van der Waals surface area contributed by atoms with Crippen LogP contribution < -0.4 is 5.73 Å². The molecule has 2 rings (SSSR count). The Morgan fingerprint density at radius 1 is 1.50 bits per heavy atom. The van der Waals surface area contributed by atoms with Crippen LogP contribution in [0.25, 0.3) is 0 Å². The average Bonchev–Trinajstić information content (AvgIpc) is 2.82. The number of nitrogens with zero attached hydrogens (tertiary/aromatic N) is 1. The summed E-state index contributed by atoms with van der Waals surface area (Å²) in [5.41, 5.74) is 5.69. The van der Waals surface area contributed by atoms with Crippen molar-refractivity contribution in [3.63, 3.8) is 0 Å². The van der Waals surface area contributed by atoms with Crippen molar-refractivity contribution in [2.75, 3.05) is 19.7 Å². The molecule has 0 bridgehead atoms. The van der Waals surface area contributed by atoms with Crippen LogP contribution in [0.15, 0.2) is 0 Å². The fourth-order valence-electron chi connectivity index (χ4n) is 2.63. The van der Waals surface area contributed by atoms with E-state index in [2.05, 4.69) is 6.92 Å². The Bertz CT molecular complexity index is 332. The van der Waals surface area contributed by atoms with Gasteiger partial charge >= 0.3 is 0 Å². The third-order valence-corrected chi connectivity index (χ3v) is 4.73. The van der Waals surface area contributed by atoms with Crippen LogP contribution in [0.1, 0.15) is 39.0 Å². The van der Waals surface area contributed by atoms with Crippen molar-refractivity contribution in [1.82, 2.24) is 4.90 Å². The maximum Gasteiger partial charge on any atom is 0.225 e. The van der Waals surface area contributed by atoms with Gasteiger partial charge in [0.15, 0.2) is 0 Å². The van der Waals surface area contributed by atoms with E-state index in [1.165, 1.54) is 0 Å². The highest BCUT2D eigenvalue weighted by Gasteiger charge is 2.34. The van der Waals surface area contributed by atoms with Gasteiger partial charge in [0.1, 0.15) is 0 Å².